The molecule has 0 bridgehead atoms. The molecule has 3 aromatic rings. The zero-order valence-corrected chi connectivity index (χ0v) is 15.7. The van der Waals surface area contributed by atoms with E-state index >= 15 is 0 Å². The molecule has 7 nitrogen and oxygen atoms in total. The van der Waals surface area contributed by atoms with Gasteiger partial charge in [0.25, 0.3) is 5.91 Å². The standard InChI is InChI=1S/C19H17ClN2O5/c1-24-15-8-12(9-16(25-2)17(15)26-3)18(23)22-19-14(10-21-27-19)11-4-6-13(20)7-5-11/h4-10H,1-3H3,(H,22,23). The van der Waals surface area contributed by atoms with Crippen LogP contribution in [0.25, 0.3) is 11.1 Å². The van der Waals surface area contributed by atoms with E-state index in [-0.39, 0.29) is 5.88 Å². The predicted molar refractivity (Wildman–Crippen MR) is 101 cm³/mol. The molecule has 0 fully saturated rings. The van der Waals surface area contributed by atoms with Crippen molar-refractivity contribution in [2.45, 2.75) is 0 Å². The maximum absolute atomic E-state index is 12.7. The van der Waals surface area contributed by atoms with Gasteiger partial charge in [0.2, 0.25) is 11.6 Å². The SMILES string of the molecule is COc1cc(C(=O)Nc2oncc2-c2ccc(Cl)cc2)cc(OC)c1OC. The van der Waals surface area contributed by atoms with Gasteiger partial charge in [-0.3, -0.25) is 10.1 Å². The number of carbonyl (C=O) groups is 1. The summed E-state index contributed by atoms with van der Waals surface area (Å²) in [5.41, 5.74) is 1.75. The van der Waals surface area contributed by atoms with Crippen LogP contribution in [0.4, 0.5) is 5.88 Å². The van der Waals surface area contributed by atoms with Crippen molar-refractivity contribution in [2.24, 2.45) is 0 Å². The van der Waals surface area contributed by atoms with E-state index in [0.717, 1.165) is 5.56 Å². The second-order valence-electron chi connectivity index (χ2n) is 5.44. The Bertz CT molecular complexity index is 928. The minimum Gasteiger partial charge on any atom is -0.493 e. The van der Waals surface area contributed by atoms with E-state index in [1.165, 1.54) is 27.5 Å². The third-order valence-corrected chi connectivity index (χ3v) is 4.13. The Labute approximate surface area is 160 Å². The van der Waals surface area contributed by atoms with Crippen molar-refractivity contribution in [1.82, 2.24) is 5.16 Å². The summed E-state index contributed by atoms with van der Waals surface area (Å²) >= 11 is 5.92. The number of nitrogens with zero attached hydrogens (tertiary/aromatic N) is 1. The first-order valence-corrected chi connectivity index (χ1v) is 8.27. The van der Waals surface area contributed by atoms with Crippen LogP contribution in [0.5, 0.6) is 17.2 Å². The lowest BCUT2D eigenvalue weighted by Crippen LogP contribution is -2.12. The van der Waals surface area contributed by atoms with Crippen molar-refractivity contribution in [3.8, 4) is 28.4 Å². The summed E-state index contributed by atoms with van der Waals surface area (Å²) < 4.78 is 21.0. The number of amides is 1. The Morgan fingerprint density at radius 1 is 1.04 bits per heavy atom. The molecule has 0 aliphatic carbocycles. The van der Waals surface area contributed by atoms with Gasteiger partial charge in [0.15, 0.2) is 11.5 Å². The largest absolute Gasteiger partial charge is 0.493 e. The molecule has 0 atom stereocenters. The van der Waals surface area contributed by atoms with Gasteiger partial charge in [-0.1, -0.05) is 28.9 Å². The molecule has 0 radical (unpaired) electrons. The predicted octanol–water partition coefficient (Wildman–Crippen LogP) is 4.27. The smallest absolute Gasteiger partial charge is 0.258 e. The Kier molecular flexibility index (Phi) is 5.52. The molecular formula is C19H17ClN2O5. The number of rotatable bonds is 6. The van der Waals surface area contributed by atoms with Crippen LogP contribution in [0.2, 0.25) is 5.02 Å². The van der Waals surface area contributed by atoms with Gasteiger partial charge in [0.05, 0.1) is 33.1 Å². The van der Waals surface area contributed by atoms with Crippen LogP contribution in [0.1, 0.15) is 10.4 Å². The highest BCUT2D eigenvalue weighted by Crippen LogP contribution is 2.38. The summed E-state index contributed by atoms with van der Waals surface area (Å²) in [6.45, 7) is 0. The molecule has 1 heterocycles. The van der Waals surface area contributed by atoms with Crippen LogP contribution < -0.4 is 19.5 Å². The highest BCUT2D eigenvalue weighted by Gasteiger charge is 2.19. The zero-order valence-electron chi connectivity index (χ0n) is 14.9. The number of anilines is 1. The average Bonchev–Trinajstić information content (AvgIpc) is 3.15. The number of hydrogen-bond acceptors (Lipinski definition) is 6. The number of ether oxygens (including phenoxy) is 3. The number of methoxy groups -OCH3 is 3. The van der Waals surface area contributed by atoms with Gasteiger partial charge < -0.3 is 18.7 Å². The summed E-state index contributed by atoms with van der Waals surface area (Å²) in [6.07, 6.45) is 1.52. The Hall–Kier alpha value is -3.19. The molecule has 27 heavy (non-hydrogen) atoms. The van der Waals surface area contributed by atoms with E-state index in [0.29, 0.717) is 33.4 Å². The summed E-state index contributed by atoms with van der Waals surface area (Å²) in [6, 6.07) is 10.2. The monoisotopic (exact) mass is 388 g/mol. The lowest BCUT2D eigenvalue weighted by molar-refractivity contribution is 0.102. The third-order valence-electron chi connectivity index (χ3n) is 3.88. The topological polar surface area (TPSA) is 82.8 Å². The fourth-order valence-corrected chi connectivity index (χ4v) is 2.68. The van der Waals surface area contributed by atoms with Crippen molar-refractivity contribution in [2.75, 3.05) is 26.6 Å². The average molecular weight is 389 g/mol. The van der Waals surface area contributed by atoms with E-state index in [1.54, 1.807) is 24.3 Å². The first kappa shape index (κ1) is 18.6. The van der Waals surface area contributed by atoms with Crippen LogP contribution >= 0.6 is 11.6 Å². The van der Waals surface area contributed by atoms with Crippen LogP contribution in [0, 0.1) is 0 Å². The number of nitrogens with one attached hydrogen (secondary N) is 1. The minimum absolute atomic E-state index is 0.219. The molecule has 1 amide bonds. The van der Waals surface area contributed by atoms with Crippen molar-refractivity contribution in [1.29, 1.82) is 0 Å². The van der Waals surface area contributed by atoms with E-state index in [2.05, 4.69) is 10.5 Å². The number of hydrogen-bond donors (Lipinski definition) is 1. The highest BCUT2D eigenvalue weighted by molar-refractivity contribution is 6.30. The van der Waals surface area contributed by atoms with Crippen LogP contribution in [0.15, 0.2) is 47.1 Å². The molecule has 1 N–H and O–H groups in total. The lowest BCUT2D eigenvalue weighted by Gasteiger charge is -2.13. The lowest BCUT2D eigenvalue weighted by atomic mass is 10.1. The van der Waals surface area contributed by atoms with E-state index in [1.807, 2.05) is 12.1 Å². The van der Waals surface area contributed by atoms with Crippen LogP contribution in [0.3, 0.4) is 0 Å². The molecular weight excluding hydrogens is 372 g/mol. The second kappa shape index (κ2) is 8.01. The van der Waals surface area contributed by atoms with E-state index < -0.39 is 5.91 Å². The van der Waals surface area contributed by atoms with Gasteiger partial charge in [-0.25, -0.2) is 0 Å². The van der Waals surface area contributed by atoms with Gasteiger partial charge in [0, 0.05) is 10.6 Å². The molecule has 0 unspecified atom stereocenters. The van der Waals surface area contributed by atoms with E-state index in [9.17, 15) is 4.79 Å². The quantitative estimate of drug-likeness (QED) is 0.678. The van der Waals surface area contributed by atoms with Crippen LogP contribution in [-0.2, 0) is 0 Å². The first-order chi connectivity index (χ1) is 13.1. The number of halogens is 1. The van der Waals surface area contributed by atoms with Crippen molar-refractivity contribution < 1.29 is 23.5 Å². The number of carbonyl (C=O) groups excluding carboxylic acids is 1. The fraction of sp³-hybridized carbons (Fsp3) is 0.158. The molecule has 2 aromatic carbocycles. The van der Waals surface area contributed by atoms with Crippen molar-refractivity contribution in [3.05, 3.63) is 53.2 Å². The molecule has 140 valence electrons. The second-order valence-corrected chi connectivity index (χ2v) is 5.88. The Morgan fingerprint density at radius 2 is 1.67 bits per heavy atom. The maximum atomic E-state index is 12.7. The highest BCUT2D eigenvalue weighted by atomic mass is 35.5. The zero-order chi connectivity index (χ0) is 19.4. The molecule has 0 aliphatic heterocycles. The van der Waals surface area contributed by atoms with Crippen molar-refractivity contribution >= 4 is 23.4 Å². The summed E-state index contributed by atoms with van der Waals surface area (Å²) in [5.74, 6) is 0.949. The Balaban J connectivity index is 1.91. The minimum atomic E-state index is -0.416. The molecule has 3 rings (SSSR count). The van der Waals surface area contributed by atoms with Gasteiger partial charge in [-0.2, -0.15) is 0 Å². The molecule has 8 heteroatoms. The van der Waals surface area contributed by atoms with Crippen LogP contribution in [-0.4, -0.2) is 32.4 Å². The summed E-state index contributed by atoms with van der Waals surface area (Å²) in [5, 5.41) is 7.09. The van der Waals surface area contributed by atoms with E-state index in [4.69, 9.17) is 30.3 Å². The van der Waals surface area contributed by atoms with Gasteiger partial charge in [-0.15, -0.1) is 0 Å². The molecule has 0 aliphatic rings. The normalized spacial score (nSPS) is 10.4. The molecule has 1 aromatic heterocycles. The van der Waals surface area contributed by atoms with Gasteiger partial charge in [0.1, 0.15) is 0 Å². The van der Waals surface area contributed by atoms with Gasteiger partial charge >= 0.3 is 0 Å². The molecule has 0 saturated carbocycles. The number of aromatic nitrogens is 1. The fourth-order valence-electron chi connectivity index (χ4n) is 2.55. The number of benzene rings is 2. The van der Waals surface area contributed by atoms with Crippen molar-refractivity contribution in [3.63, 3.8) is 0 Å². The molecule has 0 spiro atoms. The third kappa shape index (κ3) is 3.83. The summed E-state index contributed by atoms with van der Waals surface area (Å²) in [7, 11) is 4.45. The summed E-state index contributed by atoms with van der Waals surface area (Å²) in [4.78, 5) is 12.7. The van der Waals surface area contributed by atoms with Gasteiger partial charge in [-0.05, 0) is 29.8 Å². The first-order valence-electron chi connectivity index (χ1n) is 7.89. The maximum Gasteiger partial charge on any atom is 0.258 e. The Morgan fingerprint density at radius 3 is 2.22 bits per heavy atom. The molecule has 0 saturated heterocycles.